The van der Waals surface area contributed by atoms with Crippen molar-refractivity contribution in [2.75, 3.05) is 6.61 Å². The average Bonchev–Trinajstić information content (AvgIpc) is 2.90. The van der Waals surface area contributed by atoms with Crippen molar-refractivity contribution in [2.24, 2.45) is 0 Å². The monoisotopic (exact) mass is 380 g/mol. The molecule has 0 aliphatic heterocycles. The molecule has 0 fully saturated rings. The summed E-state index contributed by atoms with van der Waals surface area (Å²) in [6, 6.07) is 2.18. The van der Waals surface area contributed by atoms with Crippen molar-refractivity contribution < 1.29 is 13.9 Å². The van der Waals surface area contributed by atoms with Crippen molar-refractivity contribution >= 4 is 8.32 Å². The van der Waals surface area contributed by atoms with Gasteiger partial charge in [0.15, 0.2) is 8.32 Å². The van der Waals surface area contributed by atoms with Gasteiger partial charge in [0.1, 0.15) is 11.5 Å². The van der Waals surface area contributed by atoms with Crippen LogP contribution in [0.25, 0.3) is 0 Å². The summed E-state index contributed by atoms with van der Waals surface area (Å²) in [5.41, 5.74) is 2.28. The molecule has 0 aliphatic carbocycles. The van der Waals surface area contributed by atoms with E-state index in [0.717, 1.165) is 36.4 Å². The quantitative estimate of drug-likeness (QED) is 0.269. The second-order valence-electron chi connectivity index (χ2n) is 9.03. The fraction of sp³-hybridized carbons (Fsp3) is 0.727. The lowest BCUT2D eigenvalue weighted by molar-refractivity contribution is 0.241. The Bertz CT molecular complexity index is 564. The molecule has 0 radical (unpaired) electrons. The van der Waals surface area contributed by atoms with E-state index in [1.165, 1.54) is 24.8 Å². The van der Waals surface area contributed by atoms with Crippen molar-refractivity contribution in [3.05, 3.63) is 34.8 Å². The van der Waals surface area contributed by atoms with Crippen LogP contribution in [-0.4, -0.2) is 20.0 Å². The fourth-order valence-corrected chi connectivity index (χ4v) is 3.45. The molecule has 1 rings (SSSR count). The summed E-state index contributed by atoms with van der Waals surface area (Å²) in [7, 11) is -1.74. The molecule has 1 aromatic rings. The Labute approximate surface area is 162 Å². The number of aliphatic hydroxyl groups excluding tert-OH is 1. The summed E-state index contributed by atoms with van der Waals surface area (Å²) in [4.78, 5) is 0. The first-order valence-corrected chi connectivity index (χ1v) is 13.0. The predicted molar refractivity (Wildman–Crippen MR) is 113 cm³/mol. The number of unbranched alkanes of at least 4 members (excludes halogenated alkanes) is 4. The fourth-order valence-electron chi connectivity index (χ4n) is 2.53. The van der Waals surface area contributed by atoms with E-state index in [2.05, 4.69) is 52.9 Å². The number of aryl methyl sites for hydroxylation is 2. The van der Waals surface area contributed by atoms with Crippen molar-refractivity contribution in [3.63, 3.8) is 0 Å². The Balaban J connectivity index is 2.35. The van der Waals surface area contributed by atoms with Gasteiger partial charge in [0.2, 0.25) is 0 Å². The van der Waals surface area contributed by atoms with E-state index in [9.17, 15) is 0 Å². The molecule has 0 atom stereocenters. The summed E-state index contributed by atoms with van der Waals surface area (Å²) >= 11 is 0. The van der Waals surface area contributed by atoms with Gasteiger partial charge in [-0.05, 0) is 62.9 Å². The van der Waals surface area contributed by atoms with Gasteiger partial charge in [-0.3, -0.25) is 0 Å². The van der Waals surface area contributed by atoms with Crippen LogP contribution in [0.2, 0.25) is 18.1 Å². The minimum absolute atomic E-state index is 0.180. The Hall–Kier alpha value is -0.843. The lowest BCUT2D eigenvalue weighted by Gasteiger charge is -2.35. The van der Waals surface area contributed by atoms with E-state index in [4.69, 9.17) is 13.9 Å². The van der Waals surface area contributed by atoms with Gasteiger partial charge in [-0.2, -0.15) is 0 Å². The maximum atomic E-state index is 8.96. The molecule has 0 saturated carbocycles. The number of furan rings is 1. The van der Waals surface area contributed by atoms with E-state index in [1.807, 2.05) is 6.92 Å². The molecule has 150 valence electrons. The Morgan fingerprint density at radius 3 is 2.46 bits per heavy atom. The maximum Gasteiger partial charge on any atom is 0.192 e. The van der Waals surface area contributed by atoms with Crippen LogP contribution in [0.4, 0.5) is 0 Å². The zero-order valence-corrected chi connectivity index (χ0v) is 19.1. The van der Waals surface area contributed by atoms with Crippen molar-refractivity contribution in [2.45, 2.75) is 97.9 Å². The molecule has 0 spiro atoms. The summed E-state index contributed by atoms with van der Waals surface area (Å²) < 4.78 is 12.4. The Morgan fingerprint density at radius 2 is 1.85 bits per heavy atom. The lowest BCUT2D eigenvalue weighted by Crippen LogP contribution is -2.40. The van der Waals surface area contributed by atoms with Gasteiger partial charge in [0.05, 0.1) is 13.2 Å². The van der Waals surface area contributed by atoms with Crippen LogP contribution in [-0.2, 0) is 17.5 Å². The van der Waals surface area contributed by atoms with Crippen LogP contribution in [0.5, 0.6) is 0 Å². The zero-order valence-electron chi connectivity index (χ0n) is 18.1. The number of hydrogen-bond donors (Lipinski definition) is 1. The van der Waals surface area contributed by atoms with E-state index in [0.29, 0.717) is 6.61 Å². The second-order valence-corrected chi connectivity index (χ2v) is 13.8. The van der Waals surface area contributed by atoms with Gasteiger partial charge in [-0.25, -0.2) is 0 Å². The van der Waals surface area contributed by atoms with E-state index in [-0.39, 0.29) is 11.6 Å². The SMILES string of the molecule is C/C(=C\CCCCCCc1cc(C)c(CO[Si](C)(C)C(C)(C)C)o1)CO. The van der Waals surface area contributed by atoms with Crippen LogP contribution in [0.15, 0.2) is 22.1 Å². The minimum Gasteiger partial charge on any atom is -0.463 e. The average molecular weight is 381 g/mol. The van der Waals surface area contributed by atoms with E-state index >= 15 is 0 Å². The normalized spacial score (nSPS) is 13.5. The number of allylic oxidation sites excluding steroid dienone is 1. The van der Waals surface area contributed by atoms with Gasteiger partial charge in [0, 0.05) is 6.42 Å². The minimum atomic E-state index is -1.74. The largest absolute Gasteiger partial charge is 0.463 e. The number of hydrogen-bond acceptors (Lipinski definition) is 3. The van der Waals surface area contributed by atoms with Crippen LogP contribution in [0, 0.1) is 6.92 Å². The first-order chi connectivity index (χ1) is 12.1. The van der Waals surface area contributed by atoms with Gasteiger partial charge in [-0.15, -0.1) is 0 Å². The molecule has 3 nitrogen and oxygen atoms in total. The van der Waals surface area contributed by atoms with Crippen LogP contribution in [0.1, 0.15) is 76.9 Å². The molecular weight excluding hydrogens is 340 g/mol. The molecule has 1 aromatic heterocycles. The Kier molecular flexibility index (Phi) is 9.35. The molecule has 4 heteroatoms. The molecule has 0 unspecified atom stereocenters. The van der Waals surface area contributed by atoms with Crippen LogP contribution in [0.3, 0.4) is 0 Å². The van der Waals surface area contributed by atoms with Gasteiger partial charge < -0.3 is 13.9 Å². The molecule has 0 amide bonds. The first kappa shape index (κ1) is 23.2. The third-order valence-corrected chi connectivity index (χ3v) is 10.0. The molecule has 0 saturated heterocycles. The Morgan fingerprint density at radius 1 is 1.19 bits per heavy atom. The number of rotatable bonds is 11. The molecule has 0 aromatic carbocycles. The maximum absolute atomic E-state index is 8.96. The summed E-state index contributed by atoms with van der Waals surface area (Å²) in [6.07, 6.45) is 9.04. The number of aliphatic hydroxyl groups is 1. The molecule has 26 heavy (non-hydrogen) atoms. The molecule has 0 aliphatic rings. The lowest BCUT2D eigenvalue weighted by atomic mass is 10.1. The molecule has 0 bridgehead atoms. The molecule has 1 heterocycles. The zero-order chi connectivity index (χ0) is 19.8. The van der Waals surface area contributed by atoms with Crippen molar-refractivity contribution in [1.82, 2.24) is 0 Å². The van der Waals surface area contributed by atoms with Crippen molar-refractivity contribution in [3.8, 4) is 0 Å². The first-order valence-electron chi connectivity index (χ1n) is 10.1. The van der Waals surface area contributed by atoms with Gasteiger partial charge >= 0.3 is 0 Å². The van der Waals surface area contributed by atoms with Crippen molar-refractivity contribution in [1.29, 1.82) is 0 Å². The molecular formula is C22H40O3Si. The van der Waals surface area contributed by atoms with E-state index < -0.39 is 8.32 Å². The third kappa shape index (κ3) is 7.81. The van der Waals surface area contributed by atoms with Gasteiger partial charge in [0.25, 0.3) is 0 Å². The highest BCUT2D eigenvalue weighted by Gasteiger charge is 2.37. The highest BCUT2D eigenvalue weighted by molar-refractivity contribution is 6.74. The van der Waals surface area contributed by atoms with Gasteiger partial charge in [-0.1, -0.05) is 45.3 Å². The smallest absolute Gasteiger partial charge is 0.192 e. The predicted octanol–water partition coefficient (Wildman–Crippen LogP) is 6.54. The van der Waals surface area contributed by atoms with Crippen LogP contribution >= 0.6 is 0 Å². The standard InChI is InChI=1S/C22H40O3Si/c1-18(16-23)13-11-9-8-10-12-14-20-15-19(2)21(25-20)17-24-26(6,7)22(3,4)5/h13,15,23H,8-12,14,16-17H2,1-7H3/b18-13+. The summed E-state index contributed by atoms with van der Waals surface area (Å²) in [5, 5.41) is 9.19. The summed E-state index contributed by atoms with van der Waals surface area (Å²) in [6.45, 7) is 16.2. The van der Waals surface area contributed by atoms with Crippen LogP contribution < -0.4 is 0 Å². The topological polar surface area (TPSA) is 42.6 Å². The highest BCUT2D eigenvalue weighted by atomic mass is 28.4. The summed E-state index contributed by atoms with van der Waals surface area (Å²) in [5.74, 6) is 2.08. The highest BCUT2D eigenvalue weighted by Crippen LogP contribution is 2.37. The second kappa shape index (κ2) is 10.5. The third-order valence-electron chi connectivity index (χ3n) is 5.56. The molecule has 1 N–H and O–H groups in total. The van der Waals surface area contributed by atoms with E-state index in [1.54, 1.807) is 0 Å².